The third kappa shape index (κ3) is 4.18. The molecule has 0 saturated carbocycles. The first-order valence-corrected chi connectivity index (χ1v) is 9.70. The van der Waals surface area contributed by atoms with E-state index in [9.17, 15) is 22.8 Å². The summed E-state index contributed by atoms with van der Waals surface area (Å²) in [5, 5.41) is 4.77. The van der Waals surface area contributed by atoms with E-state index in [4.69, 9.17) is 4.42 Å². The molecule has 3 aliphatic heterocycles. The molecule has 3 fully saturated rings. The molecule has 160 valence electrons. The van der Waals surface area contributed by atoms with Crippen LogP contribution in [0.3, 0.4) is 0 Å². The number of alkyl halides is 3. The number of rotatable bonds is 4. The van der Waals surface area contributed by atoms with Gasteiger partial charge < -0.3 is 15.1 Å². The maximum absolute atomic E-state index is 12.6. The number of anilines is 1. The van der Waals surface area contributed by atoms with E-state index in [1.807, 2.05) is 0 Å². The van der Waals surface area contributed by atoms with Gasteiger partial charge in [0.2, 0.25) is 0 Å². The molecule has 5 rings (SSSR count). The fraction of sp³-hybridized carbons (Fsp3) is 0.450. The van der Waals surface area contributed by atoms with Crippen molar-refractivity contribution >= 4 is 17.5 Å². The highest BCUT2D eigenvalue weighted by atomic mass is 19.4. The molecule has 1 aromatic heterocycles. The Bertz CT molecular complexity index is 959. The lowest BCUT2D eigenvalue weighted by atomic mass is 9.80. The van der Waals surface area contributed by atoms with Gasteiger partial charge in [-0.1, -0.05) is 12.1 Å². The topological polar surface area (TPSA) is 87.5 Å². The molecule has 30 heavy (non-hydrogen) atoms. The number of hydrogen-bond acceptors (Lipinski definition) is 5. The van der Waals surface area contributed by atoms with Crippen molar-refractivity contribution < 1.29 is 27.2 Å². The van der Waals surface area contributed by atoms with Crippen molar-refractivity contribution in [1.29, 1.82) is 0 Å². The van der Waals surface area contributed by atoms with Gasteiger partial charge in [0.1, 0.15) is 0 Å². The summed E-state index contributed by atoms with van der Waals surface area (Å²) >= 11 is 0. The predicted octanol–water partition coefficient (Wildman–Crippen LogP) is 3.05. The third-order valence-corrected chi connectivity index (χ3v) is 5.73. The zero-order valence-corrected chi connectivity index (χ0v) is 16.2. The largest absolute Gasteiger partial charge is 0.471 e. The average molecular weight is 422 g/mol. The third-order valence-electron chi connectivity index (χ3n) is 5.73. The number of hydrogen-bond donors (Lipinski definition) is 2. The van der Waals surface area contributed by atoms with Crippen molar-refractivity contribution in [3.63, 3.8) is 0 Å². The Morgan fingerprint density at radius 1 is 1.30 bits per heavy atom. The number of amides is 2. The Morgan fingerprint density at radius 3 is 2.77 bits per heavy atom. The van der Waals surface area contributed by atoms with Crippen LogP contribution < -0.4 is 10.6 Å². The maximum atomic E-state index is 12.6. The molecule has 1 aromatic carbocycles. The van der Waals surface area contributed by atoms with Gasteiger partial charge in [0, 0.05) is 29.9 Å². The summed E-state index contributed by atoms with van der Waals surface area (Å²) in [4.78, 5) is 30.0. The molecule has 3 unspecified atom stereocenters. The predicted molar refractivity (Wildman–Crippen MR) is 102 cm³/mol. The lowest BCUT2D eigenvalue weighted by Crippen LogP contribution is -2.60. The second-order valence-electron chi connectivity index (χ2n) is 7.77. The van der Waals surface area contributed by atoms with Gasteiger partial charge in [0.25, 0.3) is 5.89 Å². The lowest BCUT2D eigenvalue weighted by Gasteiger charge is -2.48. The van der Waals surface area contributed by atoms with E-state index in [0.29, 0.717) is 17.5 Å². The standard InChI is InChI=1S/C20H21F3N4O3/c1-11-7-12-5-6-27(11)10-15(12)26-17(28)18-24-9-16(30-18)13-3-2-4-14(8-13)25-19(29)20(21,22)23/h2-4,8-9,11-12,15H,5-7,10H2,1H3,(H,25,29)(H,26,28)/t11?,12?,15-/m0/s1. The Labute approximate surface area is 170 Å². The highest BCUT2D eigenvalue weighted by Gasteiger charge is 2.40. The van der Waals surface area contributed by atoms with Crippen molar-refractivity contribution in [2.45, 2.75) is 38.0 Å². The summed E-state index contributed by atoms with van der Waals surface area (Å²) in [7, 11) is 0. The second kappa shape index (κ2) is 7.75. The monoisotopic (exact) mass is 422 g/mol. The van der Waals surface area contributed by atoms with Crippen molar-refractivity contribution in [1.82, 2.24) is 15.2 Å². The molecule has 4 atom stereocenters. The van der Waals surface area contributed by atoms with Crippen LogP contribution in [-0.2, 0) is 4.79 Å². The molecule has 2 N–H and O–H groups in total. The molecule has 4 heterocycles. The van der Waals surface area contributed by atoms with Gasteiger partial charge in [-0.05, 0) is 44.4 Å². The van der Waals surface area contributed by atoms with E-state index >= 15 is 0 Å². The number of oxazole rings is 1. The van der Waals surface area contributed by atoms with Crippen LogP contribution in [0.15, 0.2) is 34.9 Å². The molecule has 3 saturated heterocycles. The smallest absolute Gasteiger partial charge is 0.432 e. The van der Waals surface area contributed by atoms with Crippen LogP contribution in [0.5, 0.6) is 0 Å². The lowest BCUT2D eigenvalue weighted by molar-refractivity contribution is -0.167. The highest BCUT2D eigenvalue weighted by Crippen LogP contribution is 2.32. The van der Waals surface area contributed by atoms with Crippen LogP contribution >= 0.6 is 0 Å². The number of fused-ring (bicyclic) bond motifs is 3. The van der Waals surface area contributed by atoms with E-state index in [2.05, 4.69) is 22.1 Å². The summed E-state index contributed by atoms with van der Waals surface area (Å²) < 4.78 is 42.8. The second-order valence-corrected chi connectivity index (χ2v) is 7.77. The van der Waals surface area contributed by atoms with Crippen LogP contribution in [0, 0.1) is 5.92 Å². The van der Waals surface area contributed by atoms with Crippen LogP contribution in [0.4, 0.5) is 18.9 Å². The minimum absolute atomic E-state index is 0.0405. The van der Waals surface area contributed by atoms with Crippen LogP contribution in [0.1, 0.15) is 30.5 Å². The average Bonchev–Trinajstić information content (AvgIpc) is 3.19. The Kier molecular flexibility index (Phi) is 5.27. The van der Waals surface area contributed by atoms with Crippen LogP contribution in [-0.4, -0.2) is 53.0 Å². The van der Waals surface area contributed by atoms with Gasteiger partial charge in [0.05, 0.1) is 6.20 Å². The summed E-state index contributed by atoms with van der Waals surface area (Å²) in [5.74, 6) is -1.96. The Morgan fingerprint density at radius 2 is 2.10 bits per heavy atom. The van der Waals surface area contributed by atoms with Gasteiger partial charge in [-0.15, -0.1) is 0 Å². The minimum atomic E-state index is -4.99. The number of nitrogens with one attached hydrogen (secondary N) is 2. The zero-order chi connectivity index (χ0) is 21.5. The van der Waals surface area contributed by atoms with Gasteiger partial charge in [-0.25, -0.2) is 4.98 Å². The molecule has 2 amide bonds. The van der Waals surface area contributed by atoms with E-state index in [0.717, 1.165) is 25.9 Å². The van der Waals surface area contributed by atoms with Crippen molar-refractivity contribution in [2.24, 2.45) is 5.92 Å². The zero-order valence-electron chi connectivity index (χ0n) is 16.2. The summed E-state index contributed by atoms with van der Waals surface area (Å²) in [6.45, 7) is 4.03. The van der Waals surface area contributed by atoms with Gasteiger partial charge in [0.15, 0.2) is 5.76 Å². The molecular formula is C20H21F3N4O3. The van der Waals surface area contributed by atoms with Gasteiger partial charge in [-0.3, -0.25) is 14.5 Å². The molecule has 2 bridgehead atoms. The molecule has 0 aliphatic carbocycles. The number of nitrogens with zero attached hydrogens (tertiary/aromatic N) is 2. The molecule has 0 radical (unpaired) electrons. The minimum Gasteiger partial charge on any atom is -0.432 e. The Balaban J connectivity index is 1.43. The summed E-state index contributed by atoms with van der Waals surface area (Å²) in [6.07, 6.45) is -1.57. The fourth-order valence-corrected chi connectivity index (χ4v) is 4.15. The molecular weight excluding hydrogens is 401 g/mol. The first-order chi connectivity index (χ1) is 14.2. The molecule has 0 spiro atoms. The van der Waals surface area contributed by atoms with E-state index in [1.54, 1.807) is 11.4 Å². The van der Waals surface area contributed by atoms with Crippen LogP contribution in [0.25, 0.3) is 11.3 Å². The molecule has 10 heteroatoms. The number of piperidine rings is 3. The SMILES string of the molecule is CC1CC2CCN1C[C@@H]2NC(=O)c1ncc(-c2cccc(NC(=O)C(F)(F)F)c2)o1. The quantitative estimate of drug-likeness (QED) is 0.791. The normalized spacial score (nSPS) is 25.7. The number of benzene rings is 1. The number of aromatic nitrogens is 1. The van der Waals surface area contributed by atoms with Crippen molar-refractivity contribution in [2.75, 3.05) is 18.4 Å². The van der Waals surface area contributed by atoms with E-state index in [1.165, 1.54) is 24.4 Å². The fourth-order valence-electron chi connectivity index (χ4n) is 4.15. The van der Waals surface area contributed by atoms with Crippen LogP contribution in [0.2, 0.25) is 0 Å². The first-order valence-electron chi connectivity index (χ1n) is 9.70. The van der Waals surface area contributed by atoms with Crippen molar-refractivity contribution in [3.05, 3.63) is 36.4 Å². The Hall–Kier alpha value is -2.88. The highest BCUT2D eigenvalue weighted by molar-refractivity contribution is 5.95. The van der Waals surface area contributed by atoms with Gasteiger partial charge in [-0.2, -0.15) is 13.2 Å². The first kappa shape index (κ1) is 20.4. The summed E-state index contributed by atoms with van der Waals surface area (Å²) in [5.41, 5.74) is 0.344. The number of carbonyl (C=O) groups excluding carboxylic acids is 2. The van der Waals surface area contributed by atoms with E-state index < -0.39 is 18.0 Å². The maximum Gasteiger partial charge on any atom is 0.471 e. The summed E-state index contributed by atoms with van der Waals surface area (Å²) in [6, 6.07) is 6.26. The van der Waals surface area contributed by atoms with E-state index in [-0.39, 0.29) is 23.4 Å². The van der Waals surface area contributed by atoms with Gasteiger partial charge >= 0.3 is 18.0 Å². The molecule has 7 nitrogen and oxygen atoms in total. The number of carbonyl (C=O) groups is 2. The molecule has 3 aliphatic rings. The number of halogens is 3. The molecule has 2 aromatic rings. The van der Waals surface area contributed by atoms with Crippen molar-refractivity contribution in [3.8, 4) is 11.3 Å².